The van der Waals surface area contributed by atoms with E-state index in [0.717, 1.165) is 11.1 Å². The van der Waals surface area contributed by atoms with Gasteiger partial charge in [-0.05, 0) is 23.3 Å². The number of urea groups is 1. The lowest BCUT2D eigenvalue weighted by molar-refractivity contribution is -0.141. The van der Waals surface area contributed by atoms with E-state index < -0.39 is 5.97 Å². The van der Waals surface area contributed by atoms with Crippen LogP contribution in [0.4, 0.5) is 16.2 Å². The molecule has 3 rings (SSSR count). The lowest BCUT2D eigenvalue weighted by Gasteiger charge is -2.28. The number of nitrogens with one attached hydrogen (secondary N) is 2. The van der Waals surface area contributed by atoms with Crippen LogP contribution in [-0.2, 0) is 27.3 Å². The van der Waals surface area contributed by atoms with E-state index in [9.17, 15) is 14.4 Å². The molecule has 1 aliphatic rings. The number of methoxy groups -OCH3 is 3. The maximum absolute atomic E-state index is 12.6. The van der Waals surface area contributed by atoms with Gasteiger partial charge in [0, 0.05) is 11.8 Å². The van der Waals surface area contributed by atoms with Crippen LogP contribution in [0.5, 0.6) is 11.5 Å². The third-order valence-electron chi connectivity index (χ3n) is 4.72. The number of amides is 3. The fourth-order valence-corrected chi connectivity index (χ4v) is 3.41. The SMILES string of the molecule is COC(=O)CN1Cc2cc(CC(=O)Nc3cc(Cl)c(OC)cc3OC)ccc2NC1=O. The molecular formula is C21H22ClN3O6. The second-order valence-corrected chi connectivity index (χ2v) is 7.17. The molecule has 164 valence electrons. The minimum absolute atomic E-state index is 0.0883. The molecule has 9 nitrogen and oxygen atoms in total. The number of fused-ring (bicyclic) bond motifs is 1. The predicted octanol–water partition coefficient (Wildman–Crippen LogP) is 3.06. The smallest absolute Gasteiger partial charge is 0.325 e. The average Bonchev–Trinajstić information content (AvgIpc) is 2.74. The summed E-state index contributed by atoms with van der Waals surface area (Å²) in [5, 5.41) is 5.86. The summed E-state index contributed by atoms with van der Waals surface area (Å²) in [5.41, 5.74) is 2.59. The Morgan fingerprint density at radius 1 is 1.13 bits per heavy atom. The number of anilines is 2. The maximum Gasteiger partial charge on any atom is 0.325 e. The van der Waals surface area contributed by atoms with Gasteiger partial charge in [-0.2, -0.15) is 0 Å². The molecule has 31 heavy (non-hydrogen) atoms. The summed E-state index contributed by atoms with van der Waals surface area (Å²) < 4.78 is 15.1. The molecule has 0 spiro atoms. The zero-order chi connectivity index (χ0) is 22.5. The average molecular weight is 448 g/mol. The van der Waals surface area contributed by atoms with Gasteiger partial charge in [0.15, 0.2) is 0 Å². The van der Waals surface area contributed by atoms with Crippen molar-refractivity contribution in [1.82, 2.24) is 4.90 Å². The van der Waals surface area contributed by atoms with Gasteiger partial charge in [0.2, 0.25) is 5.91 Å². The Bertz CT molecular complexity index is 1030. The van der Waals surface area contributed by atoms with Crippen LogP contribution in [0.2, 0.25) is 5.02 Å². The van der Waals surface area contributed by atoms with E-state index in [1.807, 2.05) is 6.07 Å². The van der Waals surface area contributed by atoms with Crippen molar-refractivity contribution in [2.24, 2.45) is 0 Å². The van der Waals surface area contributed by atoms with Gasteiger partial charge in [-0.15, -0.1) is 0 Å². The van der Waals surface area contributed by atoms with Crippen LogP contribution in [-0.4, -0.2) is 50.7 Å². The first-order valence-electron chi connectivity index (χ1n) is 9.30. The number of ether oxygens (including phenoxy) is 3. The van der Waals surface area contributed by atoms with Gasteiger partial charge in [0.05, 0.1) is 45.0 Å². The number of carbonyl (C=O) groups excluding carboxylic acids is 3. The Morgan fingerprint density at radius 2 is 1.87 bits per heavy atom. The first-order chi connectivity index (χ1) is 14.8. The largest absolute Gasteiger partial charge is 0.495 e. The molecule has 0 bridgehead atoms. The molecule has 3 amide bonds. The second-order valence-electron chi connectivity index (χ2n) is 6.77. The van der Waals surface area contributed by atoms with Crippen LogP contribution >= 0.6 is 11.6 Å². The molecule has 0 aromatic heterocycles. The fraction of sp³-hybridized carbons (Fsp3) is 0.286. The highest BCUT2D eigenvalue weighted by molar-refractivity contribution is 6.32. The van der Waals surface area contributed by atoms with Gasteiger partial charge >= 0.3 is 12.0 Å². The summed E-state index contributed by atoms with van der Waals surface area (Å²) in [4.78, 5) is 37.6. The van der Waals surface area contributed by atoms with Gasteiger partial charge in [-0.25, -0.2) is 4.79 Å². The van der Waals surface area contributed by atoms with Gasteiger partial charge in [0.1, 0.15) is 18.0 Å². The zero-order valence-corrected chi connectivity index (χ0v) is 18.0. The minimum atomic E-state index is -0.513. The third kappa shape index (κ3) is 5.18. The summed E-state index contributed by atoms with van der Waals surface area (Å²) >= 11 is 6.15. The van der Waals surface area contributed by atoms with Crippen LogP contribution in [0, 0.1) is 0 Å². The van der Waals surface area contributed by atoms with Crippen molar-refractivity contribution in [1.29, 1.82) is 0 Å². The molecule has 1 aliphatic heterocycles. The van der Waals surface area contributed by atoms with E-state index in [1.165, 1.54) is 26.2 Å². The van der Waals surface area contributed by atoms with Crippen molar-refractivity contribution in [2.75, 3.05) is 38.5 Å². The van der Waals surface area contributed by atoms with Gasteiger partial charge in [-0.1, -0.05) is 23.7 Å². The van der Waals surface area contributed by atoms with Crippen LogP contribution in [0.3, 0.4) is 0 Å². The van der Waals surface area contributed by atoms with Crippen LogP contribution in [0.1, 0.15) is 11.1 Å². The Kier molecular flexibility index (Phi) is 6.86. The number of halogens is 1. The molecule has 2 aromatic carbocycles. The first kappa shape index (κ1) is 22.2. The molecule has 0 unspecified atom stereocenters. The molecule has 0 radical (unpaired) electrons. The number of esters is 1. The van der Waals surface area contributed by atoms with Crippen molar-refractivity contribution >= 4 is 40.9 Å². The van der Waals surface area contributed by atoms with E-state index >= 15 is 0 Å². The molecule has 0 saturated heterocycles. The normalized spacial score (nSPS) is 12.5. The maximum atomic E-state index is 12.6. The topological polar surface area (TPSA) is 106 Å². The van der Waals surface area contributed by atoms with E-state index in [0.29, 0.717) is 27.9 Å². The number of rotatable bonds is 7. The summed E-state index contributed by atoms with van der Waals surface area (Å²) in [5.74, 6) is 0.0675. The van der Waals surface area contributed by atoms with E-state index in [1.54, 1.807) is 24.3 Å². The molecule has 0 atom stereocenters. The Balaban J connectivity index is 1.72. The molecular weight excluding hydrogens is 426 g/mol. The summed E-state index contributed by atoms with van der Waals surface area (Å²) in [6.07, 6.45) is 0.0883. The zero-order valence-electron chi connectivity index (χ0n) is 17.3. The summed E-state index contributed by atoms with van der Waals surface area (Å²) in [7, 11) is 4.24. The number of hydrogen-bond donors (Lipinski definition) is 2. The first-order valence-corrected chi connectivity index (χ1v) is 9.68. The monoisotopic (exact) mass is 447 g/mol. The van der Waals surface area contributed by atoms with Crippen LogP contribution in [0.25, 0.3) is 0 Å². The molecule has 0 fully saturated rings. The Labute approximate surface area is 184 Å². The van der Waals surface area contributed by atoms with E-state index in [4.69, 9.17) is 21.1 Å². The van der Waals surface area contributed by atoms with E-state index in [2.05, 4.69) is 15.4 Å². The second kappa shape index (κ2) is 9.57. The fourth-order valence-electron chi connectivity index (χ4n) is 3.17. The van der Waals surface area contributed by atoms with Gasteiger partial charge < -0.3 is 29.7 Å². The quantitative estimate of drug-likeness (QED) is 0.632. The lowest BCUT2D eigenvalue weighted by atomic mass is 10.0. The third-order valence-corrected chi connectivity index (χ3v) is 5.02. The van der Waals surface area contributed by atoms with E-state index in [-0.39, 0.29) is 31.4 Å². The van der Waals surface area contributed by atoms with Crippen molar-refractivity contribution in [3.63, 3.8) is 0 Å². The minimum Gasteiger partial charge on any atom is -0.495 e. The van der Waals surface area contributed by atoms with Crippen molar-refractivity contribution in [3.05, 3.63) is 46.5 Å². The highest BCUT2D eigenvalue weighted by Gasteiger charge is 2.25. The molecule has 0 saturated carbocycles. The summed E-state index contributed by atoms with van der Waals surface area (Å²) in [6, 6.07) is 8.08. The van der Waals surface area contributed by atoms with Crippen LogP contribution < -0.4 is 20.1 Å². The van der Waals surface area contributed by atoms with Gasteiger partial charge in [0.25, 0.3) is 0 Å². The van der Waals surface area contributed by atoms with Crippen molar-refractivity contribution in [2.45, 2.75) is 13.0 Å². The molecule has 2 aromatic rings. The number of benzene rings is 2. The number of hydrogen-bond acceptors (Lipinski definition) is 6. The standard InChI is InChI=1S/C21H22ClN3O6/c1-29-17-9-18(30-2)16(8-14(17)22)23-19(26)7-12-4-5-15-13(6-12)10-25(21(28)24-15)11-20(27)31-3/h4-6,8-9H,7,10-11H2,1-3H3,(H,23,26)(H,24,28). The van der Waals surface area contributed by atoms with Crippen LogP contribution in [0.15, 0.2) is 30.3 Å². The molecule has 2 N–H and O–H groups in total. The highest BCUT2D eigenvalue weighted by Crippen LogP contribution is 2.36. The molecule has 1 heterocycles. The lowest BCUT2D eigenvalue weighted by Crippen LogP contribution is -2.41. The molecule has 10 heteroatoms. The highest BCUT2D eigenvalue weighted by atomic mass is 35.5. The number of nitrogens with zero attached hydrogens (tertiary/aromatic N) is 1. The van der Waals surface area contributed by atoms with Gasteiger partial charge in [-0.3, -0.25) is 9.59 Å². The predicted molar refractivity (Wildman–Crippen MR) is 115 cm³/mol. The van der Waals surface area contributed by atoms with Crippen molar-refractivity contribution < 1.29 is 28.6 Å². The Hall–Kier alpha value is -3.46. The van der Waals surface area contributed by atoms with Crippen molar-refractivity contribution in [3.8, 4) is 11.5 Å². The number of carbonyl (C=O) groups is 3. The summed E-state index contributed by atoms with van der Waals surface area (Å²) in [6.45, 7) is 0.0676. The molecule has 0 aliphatic carbocycles. The Morgan fingerprint density at radius 3 is 2.55 bits per heavy atom.